The van der Waals surface area contributed by atoms with E-state index >= 15 is 0 Å². The topological polar surface area (TPSA) is 48.8 Å². The Morgan fingerprint density at radius 2 is 0.964 bits per heavy atom. The van der Waals surface area contributed by atoms with Crippen LogP contribution in [0.4, 0.5) is 0 Å². The van der Waals surface area contributed by atoms with Gasteiger partial charge in [0.05, 0.1) is 44.5 Å². The van der Waals surface area contributed by atoms with E-state index in [4.69, 9.17) is 14.4 Å². The van der Waals surface area contributed by atoms with Crippen molar-refractivity contribution in [2.45, 2.75) is 0 Å². The molecule has 0 saturated carbocycles. The number of fused-ring (bicyclic) bond motifs is 10. The van der Waals surface area contributed by atoms with E-state index in [9.17, 15) is 0 Å². The number of hydrogen-bond donors (Lipinski definition) is 0. The minimum atomic E-state index is 0.815. The number of para-hydroxylation sites is 5. The third kappa shape index (κ3) is 4.41. The molecule has 0 unspecified atom stereocenters. The molecule has 5 nitrogen and oxygen atoms in total. The van der Waals surface area contributed by atoms with Gasteiger partial charge in [-0.3, -0.25) is 0 Å². The molecule has 12 rings (SSSR count). The molecule has 55 heavy (non-hydrogen) atoms. The predicted molar refractivity (Wildman–Crippen MR) is 226 cm³/mol. The highest BCUT2D eigenvalue weighted by Gasteiger charge is 2.22. The fourth-order valence-electron chi connectivity index (χ4n) is 8.70. The predicted octanol–water partition coefficient (Wildman–Crippen LogP) is 13.1. The molecule has 4 heterocycles. The van der Waals surface area contributed by atoms with E-state index in [-0.39, 0.29) is 0 Å². The van der Waals surface area contributed by atoms with E-state index in [1.54, 1.807) is 0 Å². The second kappa shape index (κ2) is 11.5. The van der Waals surface area contributed by atoms with Gasteiger partial charge in [-0.25, -0.2) is 9.97 Å². The second-order valence-electron chi connectivity index (χ2n) is 14.2. The molecule has 0 amide bonds. The van der Waals surface area contributed by atoms with Crippen LogP contribution in [-0.2, 0) is 0 Å². The summed E-state index contributed by atoms with van der Waals surface area (Å²) in [4.78, 5) is 10.4. The Morgan fingerprint density at radius 1 is 0.364 bits per heavy atom. The molecule has 0 aliphatic heterocycles. The van der Waals surface area contributed by atoms with Crippen molar-refractivity contribution in [2.75, 3.05) is 0 Å². The lowest BCUT2D eigenvalue weighted by Gasteiger charge is -2.12. The zero-order valence-electron chi connectivity index (χ0n) is 29.5. The van der Waals surface area contributed by atoms with Crippen LogP contribution in [0.3, 0.4) is 0 Å². The van der Waals surface area contributed by atoms with Crippen LogP contribution in [0.5, 0.6) is 0 Å². The molecule has 0 N–H and O–H groups in total. The van der Waals surface area contributed by atoms with Crippen molar-refractivity contribution in [3.05, 3.63) is 182 Å². The van der Waals surface area contributed by atoms with Gasteiger partial charge in [0, 0.05) is 60.9 Å². The Balaban J connectivity index is 1.11. The Kier molecular flexibility index (Phi) is 6.27. The molecule has 5 heteroatoms. The molecule has 0 bridgehead atoms. The zero-order valence-corrected chi connectivity index (χ0v) is 29.5. The molecular formula is C50H30N4O. The zero-order chi connectivity index (χ0) is 36.0. The molecule has 0 aliphatic carbocycles. The molecular weight excluding hydrogens is 673 g/mol. The lowest BCUT2D eigenvalue weighted by molar-refractivity contribution is 0.668. The molecule has 0 aliphatic rings. The lowest BCUT2D eigenvalue weighted by atomic mass is 9.99. The standard InChI is InChI=1S/C50H30N4O/c1-3-14-31(15-4-1)49-50(52-41-22-10-9-21-40(41)51-49)37-20-13-25-46-48(37)36-27-26-33(28-47(36)55-46)54-43-24-12-8-19-35(43)39-29-38-34-18-7-11-23-42(34)53(44(38)30-45(39)54)32-16-5-2-6-17-32/h1-30H. The first-order chi connectivity index (χ1) is 27.3. The fraction of sp³-hybridized carbons (Fsp3) is 0. The summed E-state index contributed by atoms with van der Waals surface area (Å²) in [5.41, 5.74) is 13.9. The van der Waals surface area contributed by atoms with E-state index in [1.807, 2.05) is 42.5 Å². The quantitative estimate of drug-likeness (QED) is 0.183. The number of rotatable bonds is 4. The molecule has 256 valence electrons. The summed E-state index contributed by atoms with van der Waals surface area (Å²) in [5.74, 6) is 0. The van der Waals surface area contributed by atoms with Crippen LogP contribution in [0, 0.1) is 0 Å². The van der Waals surface area contributed by atoms with Crippen LogP contribution in [0.1, 0.15) is 0 Å². The van der Waals surface area contributed by atoms with Gasteiger partial charge in [-0.15, -0.1) is 0 Å². The van der Waals surface area contributed by atoms with Crippen LogP contribution < -0.4 is 0 Å². The summed E-state index contributed by atoms with van der Waals surface area (Å²) in [5, 5.41) is 6.98. The fourth-order valence-corrected chi connectivity index (χ4v) is 8.70. The van der Waals surface area contributed by atoms with Gasteiger partial charge in [0.2, 0.25) is 0 Å². The maximum Gasteiger partial charge on any atom is 0.137 e. The largest absolute Gasteiger partial charge is 0.456 e. The van der Waals surface area contributed by atoms with E-state index in [2.05, 4.69) is 149 Å². The number of hydrogen-bond acceptors (Lipinski definition) is 3. The first-order valence-electron chi connectivity index (χ1n) is 18.6. The molecule has 0 spiro atoms. The van der Waals surface area contributed by atoms with Crippen molar-refractivity contribution in [1.82, 2.24) is 19.1 Å². The van der Waals surface area contributed by atoms with Gasteiger partial charge in [-0.1, -0.05) is 109 Å². The van der Waals surface area contributed by atoms with Gasteiger partial charge in [-0.2, -0.15) is 0 Å². The minimum Gasteiger partial charge on any atom is -0.456 e. The van der Waals surface area contributed by atoms with Gasteiger partial charge in [0.25, 0.3) is 0 Å². The highest BCUT2D eigenvalue weighted by atomic mass is 16.3. The van der Waals surface area contributed by atoms with Crippen LogP contribution in [-0.4, -0.2) is 19.1 Å². The average Bonchev–Trinajstić information content (AvgIpc) is 3.90. The minimum absolute atomic E-state index is 0.815. The van der Waals surface area contributed by atoms with Crippen molar-refractivity contribution in [3.63, 3.8) is 0 Å². The molecule has 12 aromatic rings. The lowest BCUT2D eigenvalue weighted by Crippen LogP contribution is -1.96. The van der Waals surface area contributed by atoms with Crippen LogP contribution in [0.25, 0.3) is 110 Å². The monoisotopic (exact) mass is 702 g/mol. The summed E-state index contributed by atoms with van der Waals surface area (Å²) >= 11 is 0. The Bertz CT molecular complexity index is 3480. The summed E-state index contributed by atoms with van der Waals surface area (Å²) in [6, 6.07) is 64.1. The number of benzene rings is 8. The van der Waals surface area contributed by atoms with Crippen molar-refractivity contribution < 1.29 is 4.42 Å². The highest BCUT2D eigenvalue weighted by Crippen LogP contribution is 2.43. The number of furan rings is 1. The second-order valence-corrected chi connectivity index (χ2v) is 14.2. The van der Waals surface area contributed by atoms with Crippen LogP contribution >= 0.6 is 0 Å². The molecule has 0 saturated heterocycles. The Labute approximate surface area is 315 Å². The molecule has 0 radical (unpaired) electrons. The molecule has 0 atom stereocenters. The summed E-state index contributed by atoms with van der Waals surface area (Å²) in [7, 11) is 0. The van der Waals surface area contributed by atoms with Gasteiger partial charge in [0.1, 0.15) is 11.2 Å². The van der Waals surface area contributed by atoms with Crippen LogP contribution in [0.15, 0.2) is 186 Å². The van der Waals surface area contributed by atoms with Gasteiger partial charge in [-0.05, 0) is 66.7 Å². The third-order valence-electron chi connectivity index (χ3n) is 11.1. The van der Waals surface area contributed by atoms with Crippen molar-refractivity contribution >= 4 is 76.6 Å². The van der Waals surface area contributed by atoms with Gasteiger partial charge >= 0.3 is 0 Å². The normalized spacial score (nSPS) is 12.0. The van der Waals surface area contributed by atoms with E-state index < -0.39 is 0 Å². The average molecular weight is 703 g/mol. The summed E-state index contributed by atoms with van der Waals surface area (Å²) in [6.07, 6.45) is 0. The van der Waals surface area contributed by atoms with Crippen molar-refractivity contribution in [1.29, 1.82) is 0 Å². The maximum absolute atomic E-state index is 6.73. The van der Waals surface area contributed by atoms with E-state index in [0.717, 1.165) is 77.9 Å². The number of nitrogens with zero attached hydrogens (tertiary/aromatic N) is 4. The smallest absolute Gasteiger partial charge is 0.137 e. The summed E-state index contributed by atoms with van der Waals surface area (Å²) < 4.78 is 11.5. The van der Waals surface area contributed by atoms with Crippen molar-refractivity contribution in [3.8, 4) is 33.9 Å². The maximum atomic E-state index is 6.73. The van der Waals surface area contributed by atoms with Crippen LogP contribution in [0.2, 0.25) is 0 Å². The van der Waals surface area contributed by atoms with Gasteiger partial charge in [0.15, 0.2) is 0 Å². The summed E-state index contributed by atoms with van der Waals surface area (Å²) in [6.45, 7) is 0. The Morgan fingerprint density at radius 3 is 1.67 bits per heavy atom. The highest BCUT2D eigenvalue weighted by molar-refractivity contribution is 6.19. The first-order valence-corrected chi connectivity index (χ1v) is 18.6. The first kappa shape index (κ1) is 30.0. The van der Waals surface area contributed by atoms with Crippen molar-refractivity contribution in [2.24, 2.45) is 0 Å². The third-order valence-corrected chi connectivity index (χ3v) is 11.1. The van der Waals surface area contributed by atoms with E-state index in [1.165, 1.54) is 32.6 Å². The van der Waals surface area contributed by atoms with Gasteiger partial charge < -0.3 is 13.6 Å². The number of aromatic nitrogens is 4. The Hall–Kier alpha value is -7.50. The molecule has 0 fully saturated rings. The molecule has 4 aromatic heterocycles. The SMILES string of the molecule is c1ccc(-c2nc3ccccc3nc2-c2cccc3oc4cc(-n5c6ccccc6c6cc7c8ccccc8n(-c8ccccc8)c7cc65)ccc4c23)cc1. The molecule has 8 aromatic carbocycles. The van der Waals surface area contributed by atoms with E-state index in [0.29, 0.717) is 0 Å².